The quantitative estimate of drug-likeness (QED) is 0.216. The van der Waals surface area contributed by atoms with E-state index in [0.29, 0.717) is 12.3 Å². The minimum atomic E-state index is 0. The highest BCUT2D eigenvalue weighted by Crippen LogP contribution is 2.11. The van der Waals surface area contributed by atoms with Crippen LogP contribution < -0.4 is 10.6 Å². The van der Waals surface area contributed by atoms with Gasteiger partial charge in [-0.1, -0.05) is 6.42 Å². The van der Waals surface area contributed by atoms with E-state index in [1.165, 1.54) is 6.42 Å². The number of carbonyl (C=O) groups excluding carboxylic acids is 2. The summed E-state index contributed by atoms with van der Waals surface area (Å²) in [6.07, 6.45) is 4.92. The summed E-state index contributed by atoms with van der Waals surface area (Å²) < 4.78 is 0. The molecule has 0 aromatic carbocycles. The van der Waals surface area contributed by atoms with E-state index in [2.05, 4.69) is 27.4 Å². The zero-order chi connectivity index (χ0) is 20.2. The van der Waals surface area contributed by atoms with Crippen LogP contribution in [-0.4, -0.2) is 97.9 Å². The van der Waals surface area contributed by atoms with Crippen molar-refractivity contribution >= 4 is 41.8 Å². The van der Waals surface area contributed by atoms with Gasteiger partial charge < -0.3 is 20.4 Å². The summed E-state index contributed by atoms with van der Waals surface area (Å²) in [5.74, 6) is 1.31. The van der Waals surface area contributed by atoms with Gasteiger partial charge >= 0.3 is 0 Å². The van der Waals surface area contributed by atoms with E-state index in [4.69, 9.17) is 0 Å². The first kappa shape index (κ1) is 25.9. The van der Waals surface area contributed by atoms with Crippen molar-refractivity contribution in [2.24, 2.45) is 4.99 Å². The van der Waals surface area contributed by atoms with E-state index >= 15 is 0 Å². The Bertz CT molecular complexity index is 523. The Morgan fingerprint density at radius 3 is 2.48 bits per heavy atom. The molecule has 0 unspecified atom stereocenters. The second-order valence-electron chi connectivity index (χ2n) is 7.58. The van der Waals surface area contributed by atoms with Crippen molar-refractivity contribution in [1.29, 1.82) is 0 Å². The van der Waals surface area contributed by atoms with Crippen LogP contribution in [0.1, 0.15) is 46.0 Å². The molecule has 0 atom stereocenters. The van der Waals surface area contributed by atoms with Gasteiger partial charge in [-0.15, -0.1) is 24.0 Å². The third-order valence-electron chi connectivity index (χ3n) is 5.41. The average Bonchev–Trinajstić information content (AvgIpc) is 2.89. The monoisotopic (exact) mass is 522 g/mol. The Morgan fingerprint density at radius 2 is 1.79 bits per heavy atom. The summed E-state index contributed by atoms with van der Waals surface area (Å²) in [6.45, 7) is 12.2. The van der Waals surface area contributed by atoms with Crippen LogP contribution in [0.25, 0.3) is 0 Å². The van der Waals surface area contributed by atoms with E-state index in [0.717, 1.165) is 90.7 Å². The fourth-order valence-corrected chi connectivity index (χ4v) is 3.69. The normalized spacial score (nSPS) is 18.8. The lowest BCUT2D eigenvalue weighted by atomic mass is 10.2. The van der Waals surface area contributed by atoms with Gasteiger partial charge in [0.1, 0.15) is 0 Å². The van der Waals surface area contributed by atoms with Crippen LogP contribution in [0.2, 0.25) is 0 Å². The maximum Gasteiger partial charge on any atom is 0.222 e. The van der Waals surface area contributed by atoms with Crippen LogP contribution in [0, 0.1) is 0 Å². The highest BCUT2D eigenvalue weighted by Gasteiger charge is 2.18. The molecule has 0 radical (unpaired) electrons. The standard InChI is InChI=1S/C20H38N6O2.HI/c1-3-21-20(22-9-7-12-26-11-6-4-5-8-19(26)28)23-10-13-24-14-16-25(17-15-24)18(2)27;/h3-17H2,1-2H3,(H2,21,22,23);1H. The van der Waals surface area contributed by atoms with Crippen LogP contribution in [0.4, 0.5) is 0 Å². The van der Waals surface area contributed by atoms with Gasteiger partial charge in [-0.2, -0.15) is 0 Å². The summed E-state index contributed by atoms with van der Waals surface area (Å²) in [5.41, 5.74) is 0. The van der Waals surface area contributed by atoms with Gasteiger partial charge in [0.2, 0.25) is 11.8 Å². The average molecular weight is 522 g/mol. The number of aliphatic imine (C=N–C) groups is 1. The number of nitrogens with zero attached hydrogens (tertiary/aromatic N) is 4. The highest BCUT2D eigenvalue weighted by molar-refractivity contribution is 14.0. The minimum absolute atomic E-state index is 0. The number of hydrogen-bond donors (Lipinski definition) is 2. The molecule has 2 aliphatic rings. The maximum absolute atomic E-state index is 12.0. The van der Waals surface area contributed by atoms with Gasteiger partial charge in [0.05, 0.1) is 0 Å². The van der Waals surface area contributed by atoms with E-state index in [1.807, 2.05) is 9.80 Å². The Balaban J connectivity index is 0.00000420. The maximum atomic E-state index is 12.0. The van der Waals surface area contributed by atoms with Gasteiger partial charge in [-0.3, -0.25) is 19.5 Å². The molecule has 168 valence electrons. The fraction of sp³-hybridized carbons (Fsp3) is 0.850. The molecule has 2 aliphatic heterocycles. The van der Waals surface area contributed by atoms with Crippen LogP contribution in [0.15, 0.2) is 4.99 Å². The SMILES string of the molecule is CCNC(=NCCCN1CCCCCC1=O)NCCN1CCN(C(C)=O)CC1.I. The van der Waals surface area contributed by atoms with Gasteiger partial charge in [0.25, 0.3) is 0 Å². The van der Waals surface area contributed by atoms with Crippen molar-refractivity contribution in [3.05, 3.63) is 0 Å². The first-order chi connectivity index (χ1) is 13.6. The number of likely N-dealkylation sites (tertiary alicyclic amines) is 1. The Morgan fingerprint density at radius 1 is 1.03 bits per heavy atom. The Labute approximate surface area is 192 Å². The third kappa shape index (κ3) is 9.97. The molecule has 2 fully saturated rings. The van der Waals surface area contributed by atoms with E-state index in [-0.39, 0.29) is 29.9 Å². The number of piperazine rings is 1. The van der Waals surface area contributed by atoms with Crippen LogP contribution in [0.5, 0.6) is 0 Å². The predicted molar refractivity (Wildman–Crippen MR) is 128 cm³/mol. The van der Waals surface area contributed by atoms with E-state index < -0.39 is 0 Å². The molecule has 0 aliphatic carbocycles. The number of amides is 2. The molecule has 2 heterocycles. The summed E-state index contributed by atoms with van der Waals surface area (Å²) in [6, 6.07) is 0. The van der Waals surface area contributed by atoms with Crippen molar-refractivity contribution in [2.45, 2.75) is 46.0 Å². The van der Waals surface area contributed by atoms with Gasteiger partial charge in [0, 0.05) is 78.8 Å². The number of guanidine groups is 1. The molecule has 0 spiro atoms. The molecule has 0 saturated carbocycles. The molecule has 29 heavy (non-hydrogen) atoms. The summed E-state index contributed by atoms with van der Waals surface area (Å²) in [4.78, 5) is 34.4. The lowest BCUT2D eigenvalue weighted by Crippen LogP contribution is -2.50. The van der Waals surface area contributed by atoms with Crippen LogP contribution in [-0.2, 0) is 9.59 Å². The second-order valence-corrected chi connectivity index (χ2v) is 7.58. The highest BCUT2D eigenvalue weighted by atomic mass is 127. The number of halogens is 1. The van der Waals surface area contributed by atoms with Crippen molar-refractivity contribution in [3.8, 4) is 0 Å². The topological polar surface area (TPSA) is 80.3 Å². The van der Waals surface area contributed by atoms with Crippen molar-refractivity contribution < 1.29 is 9.59 Å². The molecule has 8 nitrogen and oxygen atoms in total. The van der Waals surface area contributed by atoms with Gasteiger partial charge in [-0.05, 0) is 26.2 Å². The van der Waals surface area contributed by atoms with Crippen LogP contribution >= 0.6 is 24.0 Å². The Hall–Kier alpha value is -1.10. The fourth-order valence-electron chi connectivity index (χ4n) is 3.69. The minimum Gasteiger partial charge on any atom is -0.357 e. The number of nitrogens with one attached hydrogen (secondary N) is 2. The molecule has 2 N–H and O–H groups in total. The van der Waals surface area contributed by atoms with Gasteiger partial charge in [0.15, 0.2) is 5.96 Å². The first-order valence-corrected chi connectivity index (χ1v) is 10.9. The second kappa shape index (κ2) is 14.8. The lowest BCUT2D eigenvalue weighted by molar-refractivity contribution is -0.131. The molecular weight excluding hydrogens is 483 g/mol. The van der Waals surface area contributed by atoms with Gasteiger partial charge in [-0.25, -0.2) is 0 Å². The molecule has 0 aromatic rings. The van der Waals surface area contributed by atoms with Crippen molar-refractivity contribution in [2.75, 3.05) is 65.4 Å². The predicted octanol–water partition coefficient (Wildman–Crippen LogP) is 1.12. The lowest BCUT2D eigenvalue weighted by Gasteiger charge is -2.34. The zero-order valence-electron chi connectivity index (χ0n) is 18.1. The molecular formula is C20H39IN6O2. The summed E-state index contributed by atoms with van der Waals surface area (Å²) in [5, 5.41) is 6.68. The number of hydrogen-bond acceptors (Lipinski definition) is 4. The number of carbonyl (C=O) groups is 2. The molecule has 0 aromatic heterocycles. The van der Waals surface area contributed by atoms with Crippen molar-refractivity contribution in [3.63, 3.8) is 0 Å². The molecule has 2 amide bonds. The van der Waals surface area contributed by atoms with Crippen molar-refractivity contribution in [1.82, 2.24) is 25.3 Å². The van der Waals surface area contributed by atoms with E-state index in [1.54, 1.807) is 6.92 Å². The Kier molecular flexibility index (Phi) is 13.2. The molecule has 2 rings (SSSR count). The zero-order valence-corrected chi connectivity index (χ0v) is 20.5. The molecule has 2 saturated heterocycles. The molecule has 9 heteroatoms. The first-order valence-electron chi connectivity index (χ1n) is 10.9. The smallest absolute Gasteiger partial charge is 0.222 e. The van der Waals surface area contributed by atoms with E-state index in [9.17, 15) is 9.59 Å². The summed E-state index contributed by atoms with van der Waals surface area (Å²) >= 11 is 0. The number of rotatable bonds is 8. The summed E-state index contributed by atoms with van der Waals surface area (Å²) in [7, 11) is 0. The molecule has 0 bridgehead atoms. The third-order valence-corrected chi connectivity index (χ3v) is 5.41. The van der Waals surface area contributed by atoms with Crippen LogP contribution in [0.3, 0.4) is 0 Å². The largest absolute Gasteiger partial charge is 0.357 e.